The van der Waals surface area contributed by atoms with Gasteiger partial charge < -0.3 is 18.8 Å². The van der Waals surface area contributed by atoms with Crippen LogP contribution in [0.15, 0.2) is 62.2 Å². The van der Waals surface area contributed by atoms with E-state index in [0.717, 1.165) is 4.90 Å². The largest absolute Gasteiger partial charge is 0.481 e. The van der Waals surface area contributed by atoms with Gasteiger partial charge in [-0.15, -0.1) is 0 Å². The summed E-state index contributed by atoms with van der Waals surface area (Å²) < 4.78 is 52.3. The smallest absolute Gasteiger partial charge is 0.393 e. The molecule has 4 rings (SSSR count). The summed E-state index contributed by atoms with van der Waals surface area (Å²) in [5.74, 6) is -5.33. The lowest BCUT2D eigenvalue weighted by Crippen LogP contribution is -2.52. The molecule has 8 nitrogen and oxygen atoms in total. The van der Waals surface area contributed by atoms with Gasteiger partial charge in [0.15, 0.2) is 0 Å². The lowest BCUT2D eigenvalue weighted by molar-refractivity contribution is -0.194. The van der Waals surface area contributed by atoms with Crippen LogP contribution in [0.4, 0.5) is 19.1 Å². The van der Waals surface area contributed by atoms with Gasteiger partial charge in [0, 0.05) is 29.3 Å². The predicted octanol–water partition coefficient (Wildman–Crippen LogP) is 4.76. The Labute approximate surface area is 193 Å². The van der Waals surface area contributed by atoms with Gasteiger partial charge in [-0.05, 0) is 46.6 Å². The molecule has 0 aliphatic carbocycles. The molecule has 33 heavy (non-hydrogen) atoms. The van der Waals surface area contributed by atoms with Crippen molar-refractivity contribution in [2.75, 3.05) is 11.9 Å². The number of piperidine rings is 1. The van der Waals surface area contributed by atoms with Crippen LogP contribution in [0.5, 0.6) is 5.95 Å². The van der Waals surface area contributed by atoms with E-state index in [-0.39, 0.29) is 17.3 Å². The molecule has 12 heteroatoms. The lowest BCUT2D eigenvalue weighted by atomic mass is 9.80. The number of carbonyl (C=O) groups excluding carboxylic acids is 2. The summed E-state index contributed by atoms with van der Waals surface area (Å²) >= 11 is 3.20. The maximum Gasteiger partial charge on any atom is 0.393 e. The van der Waals surface area contributed by atoms with Crippen molar-refractivity contribution >= 4 is 33.6 Å². The molecule has 4 heterocycles. The predicted molar refractivity (Wildman–Crippen MR) is 111 cm³/mol. The second-order valence-corrected chi connectivity index (χ2v) is 8.40. The van der Waals surface area contributed by atoms with E-state index in [0.29, 0.717) is 4.47 Å². The third-order valence-corrected chi connectivity index (χ3v) is 5.82. The molecule has 3 aromatic rings. The molecule has 1 saturated heterocycles. The Bertz CT molecular complexity index is 1130. The van der Waals surface area contributed by atoms with Crippen LogP contribution >= 0.6 is 15.9 Å². The number of likely N-dealkylation sites (tertiary alicyclic amines) is 1. The summed E-state index contributed by atoms with van der Waals surface area (Å²) in [5, 5.41) is 11.7. The monoisotopic (exact) mass is 527 g/mol. The highest BCUT2D eigenvalue weighted by molar-refractivity contribution is 9.10. The van der Waals surface area contributed by atoms with Crippen LogP contribution in [0.3, 0.4) is 0 Å². The van der Waals surface area contributed by atoms with Gasteiger partial charge >= 0.3 is 6.18 Å². The number of nitrogens with one attached hydrogen (secondary N) is 1. The highest BCUT2D eigenvalue weighted by Gasteiger charge is 2.52. The molecule has 0 aromatic carbocycles. The summed E-state index contributed by atoms with van der Waals surface area (Å²) in [6, 6.07) is 7.24. The Morgan fingerprint density at radius 1 is 1.21 bits per heavy atom. The minimum atomic E-state index is -4.65. The van der Waals surface area contributed by atoms with Gasteiger partial charge in [-0.1, -0.05) is 0 Å². The van der Waals surface area contributed by atoms with Crippen molar-refractivity contribution in [3.63, 3.8) is 0 Å². The Balaban J connectivity index is 1.74. The molecule has 0 radical (unpaired) electrons. The van der Waals surface area contributed by atoms with Crippen LogP contribution in [-0.4, -0.2) is 39.5 Å². The number of halogens is 4. The standard InChI is InChI=1S/C21H17BrF3N3O5/c22-12-3-4-14(26-9-12)20(31)28-10-11(21(23,24)25)8-13(18(28)15-2-1-7-32-15)19(30)27-16-5-6-17(29)33-16/h1-7,9,11,13,18,29H,8,10H2,(H,27,30). The number of hydrogen-bond acceptors (Lipinski definition) is 6. The molecule has 174 valence electrons. The average molecular weight is 528 g/mol. The van der Waals surface area contributed by atoms with Gasteiger partial charge in [-0.3, -0.25) is 14.9 Å². The number of nitrogens with zero attached hydrogens (tertiary/aromatic N) is 2. The number of rotatable bonds is 4. The fourth-order valence-corrected chi connectivity index (χ4v) is 4.08. The van der Waals surface area contributed by atoms with E-state index in [1.165, 1.54) is 42.8 Å². The number of carbonyl (C=O) groups is 2. The van der Waals surface area contributed by atoms with Crippen molar-refractivity contribution in [3.8, 4) is 5.95 Å². The number of hydrogen-bond donors (Lipinski definition) is 2. The first-order valence-corrected chi connectivity index (χ1v) is 10.5. The topological polar surface area (TPSA) is 109 Å². The Morgan fingerprint density at radius 3 is 2.58 bits per heavy atom. The van der Waals surface area contributed by atoms with E-state index in [9.17, 15) is 27.9 Å². The van der Waals surface area contributed by atoms with Gasteiger partial charge in [0.25, 0.3) is 11.9 Å². The number of aromatic hydroxyl groups is 1. The normalized spacial score (nSPS) is 21.1. The van der Waals surface area contributed by atoms with Gasteiger partial charge in [0.1, 0.15) is 17.5 Å². The summed E-state index contributed by atoms with van der Waals surface area (Å²) in [6.45, 7) is -0.670. The van der Waals surface area contributed by atoms with Crippen molar-refractivity contribution in [1.29, 1.82) is 0 Å². The van der Waals surface area contributed by atoms with E-state index in [1.54, 1.807) is 6.07 Å². The van der Waals surface area contributed by atoms with Crippen LogP contribution in [0.25, 0.3) is 0 Å². The average Bonchev–Trinajstić information content (AvgIpc) is 3.44. The van der Waals surface area contributed by atoms with Crippen LogP contribution in [-0.2, 0) is 4.79 Å². The zero-order chi connectivity index (χ0) is 23.8. The molecule has 0 spiro atoms. The quantitative estimate of drug-likeness (QED) is 0.506. The molecule has 2 amide bonds. The zero-order valence-electron chi connectivity index (χ0n) is 16.8. The molecule has 1 aliphatic heterocycles. The van der Waals surface area contributed by atoms with Crippen LogP contribution in [0, 0.1) is 11.8 Å². The summed E-state index contributed by atoms with van der Waals surface area (Å²) in [6.07, 6.45) is -2.56. The molecule has 1 fully saturated rings. The molecule has 3 unspecified atom stereocenters. The number of alkyl halides is 3. The van der Waals surface area contributed by atoms with Crippen molar-refractivity contribution in [2.24, 2.45) is 11.8 Å². The van der Waals surface area contributed by atoms with Crippen molar-refractivity contribution in [3.05, 3.63) is 64.8 Å². The SMILES string of the molecule is O=C(Nc1ccc(O)o1)C1CC(C(F)(F)F)CN(C(=O)c2ccc(Br)cn2)C1c1ccco1. The van der Waals surface area contributed by atoms with Crippen molar-refractivity contribution < 1.29 is 36.7 Å². The first kappa shape index (κ1) is 22.9. The Morgan fingerprint density at radius 2 is 2.00 bits per heavy atom. The van der Waals surface area contributed by atoms with E-state index in [2.05, 4.69) is 26.2 Å². The van der Waals surface area contributed by atoms with Crippen molar-refractivity contribution in [1.82, 2.24) is 9.88 Å². The fraction of sp³-hybridized carbons (Fsp3) is 0.286. The van der Waals surface area contributed by atoms with E-state index in [4.69, 9.17) is 8.83 Å². The molecule has 3 aromatic heterocycles. The van der Waals surface area contributed by atoms with Crippen LogP contribution in [0.1, 0.15) is 28.7 Å². The Kier molecular flexibility index (Phi) is 6.19. The number of pyridine rings is 1. The third-order valence-electron chi connectivity index (χ3n) is 5.35. The molecular formula is C21H17BrF3N3O5. The molecule has 2 N–H and O–H groups in total. The van der Waals surface area contributed by atoms with Crippen LogP contribution < -0.4 is 5.32 Å². The zero-order valence-corrected chi connectivity index (χ0v) is 18.3. The molecular weight excluding hydrogens is 511 g/mol. The van der Waals surface area contributed by atoms with E-state index < -0.39 is 54.8 Å². The van der Waals surface area contributed by atoms with Gasteiger partial charge in [-0.25, -0.2) is 4.98 Å². The third kappa shape index (κ3) is 4.90. The van der Waals surface area contributed by atoms with E-state index in [1.807, 2.05) is 0 Å². The van der Waals surface area contributed by atoms with Gasteiger partial charge in [-0.2, -0.15) is 13.2 Å². The highest BCUT2D eigenvalue weighted by atomic mass is 79.9. The lowest BCUT2D eigenvalue weighted by Gasteiger charge is -2.43. The maximum absolute atomic E-state index is 13.8. The minimum absolute atomic E-state index is 0.0762. The molecule has 1 aliphatic rings. The second-order valence-electron chi connectivity index (χ2n) is 7.49. The number of furan rings is 2. The fourth-order valence-electron chi connectivity index (χ4n) is 3.84. The van der Waals surface area contributed by atoms with Gasteiger partial charge in [0.2, 0.25) is 11.8 Å². The number of aromatic nitrogens is 1. The molecule has 0 bridgehead atoms. The first-order valence-electron chi connectivity index (χ1n) is 9.76. The summed E-state index contributed by atoms with van der Waals surface area (Å²) in [4.78, 5) is 31.3. The molecule has 3 atom stereocenters. The minimum Gasteiger partial charge on any atom is -0.481 e. The maximum atomic E-state index is 13.8. The van der Waals surface area contributed by atoms with Crippen molar-refractivity contribution in [2.45, 2.75) is 18.6 Å². The summed E-state index contributed by atoms with van der Waals surface area (Å²) in [5.41, 5.74) is -0.0762. The van der Waals surface area contributed by atoms with Crippen LogP contribution in [0.2, 0.25) is 0 Å². The highest BCUT2D eigenvalue weighted by Crippen LogP contribution is 2.45. The first-order chi connectivity index (χ1) is 15.6. The summed E-state index contributed by atoms with van der Waals surface area (Å²) in [7, 11) is 0. The second kappa shape index (κ2) is 8.93. The number of anilines is 1. The van der Waals surface area contributed by atoms with E-state index >= 15 is 0 Å². The number of amides is 2. The Hall–Kier alpha value is -3.28. The molecule has 0 saturated carbocycles. The van der Waals surface area contributed by atoms with Gasteiger partial charge in [0.05, 0.1) is 18.1 Å².